The zero-order valence-corrected chi connectivity index (χ0v) is 7.24. The molecule has 0 unspecified atom stereocenters. The molecule has 0 spiro atoms. The van der Waals surface area contributed by atoms with Crippen LogP contribution >= 0.6 is 0 Å². The predicted octanol–water partition coefficient (Wildman–Crippen LogP) is -1.96. The number of nitrogens with one attached hydrogen (secondary N) is 1. The number of aryl methyl sites for hydroxylation is 2. The normalized spacial score (nSPS) is 10.1. The third-order valence-corrected chi connectivity index (χ3v) is 1.98. The van der Waals surface area contributed by atoms with Crippen LogP contribution in [-0.4, -0.2) is 56.8 Å². The molecule has 0 amide bonds. The van der Waals surface area contributed by atoms with Crippen LogP contribution in [0.25, 0.3) is 11.2 Å². The molecule has 0 aromatic carbocycles. The summed E-state index contributed by atoms with van der Waals surface area (Å²) in [7, 11) is 3.27. The minimum absolute atomic E-state index is 0. The molecule has 1 N–H and O–H groups in total. The number of hydrogen-bond donors (Lipinski definition) is 1. The molecule has 0 aliphatic rings. The summed E-state index contributed by atoms with van der Waals surface area (Å²) in [4.78, 5) is 28.6. The molecule has 6 nitrogen and oxygen atoms in total. The van der Waals surface area contributed by atoms with Crippen LogP contribution in [-0.2, 0) is 14.1 Å². The van der Waals surface area contributed by atoms with Gasteiger partial charge in [0, 0.05) is 14.1 Å². The molecule has 0 saturated heterocycles. The van der Waals surface area contributed by atoms with Crippen LogP contribution in [0.3, 0.4) is 0 Å². The first-order valence-electron chi connectivity index (χ1n) is 3.71. The van der Waals surface area contributed by atoms with E-state index in [4.69, 9.17) is 0 Å². The quantitative estimate of drug-likeness (QED) is 0.526. The Morgan fingerprint density at radius 1 is 1.36 bits per heavy atom. The minimum atomic E-state index is -0.448. The number of nitrogens with zero attached hydrogens (tertiary/aromatic N) is 3. The van der Waals surface area contributed by atoms with Crippen molar-refractivity contribution in [1.82, 2.24) is 19.1 Å². The second-order valence-electron chi connectivity index (χ2n) is 2.85. The van der Waals surface area contributed by atoms with Crippen molar-refractivity contribution in [2.75, 3.05) is 0 Å². The van der Waals surface area contributed by atoms with Crippen molar-refractivity contribution in [3.05, 3.63) is 27.2 Å². The molecule has 2 aromatic heterocycles. The Bertz CT molecular complexity index is 579. The zero-order valence-electron chi connectivity index (χ0n) is 7.24. The Labute approximate surface area is 109 Å². The first kappa shape index (κ1) is 11.5. The monoisotopic (exact) mass is 222 g/mol. The summed E-state index contributed by atoms with van der Waals surface area (Å²) in [6.07, 6.45) is 1.50. The van der Waals surface area contributed by atoms with Gasteiger partial charge in [-0.25, -0.2) is 9.78 Å². The summed E-state index contributed by atoms with van der Waals surface area (Å²) >= 11 is 0. The molecular formula is C7H10CaN4O2. The molecule has 2 rings (SSSR count). The molecule has 0 radical (unpaired) electrons. The van der Waals surface area contributed by atoms with E-state index in [9.17, 15) is 9.59 Å². The Morgan fingerprint density at radius 3 is 2.64 bits per heavy atom. The molecule has 0 saturated carbocycles. The molecule has 0 atom stereocenters. The summed E-state index contributed by atoms with van der Waals surface area (Å²) in [6, 6.07) is 0. The molecule has 2 heterocycles. The molecule has 7 heteroatoms. The number of aromatic amines is 1. The second-order valence-corrected chi connectivity index (χ2v) is 2.85. The Hall–Kier alpha value is -0.590. The van der Waals surface area contributed by atoms with Gasteiger partial charge in [-0.15, -0.1) is 0 Å². The SMILES string of the molecule is Cn1cnc2c1c(=O)[nH]c(=O)n2C.[CaH2]. The molecule has 0 aliphatic carbocycles. The van der Waals surface area contributed by atoms with E-state index in [-0.39, 0.29) is 37.7 Å². The molecule has 0 fully saturated rings. The van der Waals surface area contributed by atoms with Gasteiger partial charge in [0.1, 0.15) is 0 Å². The molecule has 72 valence electrons. The van der Waals surface area contributed by atoms with Crippen LogP contribution in [0.4, 0.5) is 0 Å². The summed E-state index contributed by atoms with van der Waals surface area (Å²) < 4.78 is 2.88. The predicted molar refractivity (Wildman–Crippen MR) is 55.1 cm³/mol. The fourth-order valence-electron chi connectivity index (χ4n) is 1.26. The van der Waals surface area contributed by atoms with Crippen molar-refractivity contribution in [3.63, 3.8) is 0 Å². The van der Waals surface area contributed by atoms with Gasteiger partial charge in [0.15, 0.2) is 11.2 Å². The topological polar surface area (TPSA) is 72.7 Å². The van der Waals surface area contributed by atoms with E-state index in [1.807, 2.05) is 0 Å². The van der Waals surface area contributed by atoms with Gasteiger partial charge in [0.25, 0.3) is 5.56 Å². The summed E-state index contributed by atoms with van der Waals surface area (Å²) in [5.74, 6) is 0. The second kappa shape index (κ2) is 3.88. The average molecular weight is 222 g/mol. The third kappa shape index (κ3) is 1.53. The maximum absolute atomic E-state index is 11.3. The number of H-pyrrole nitrogens is 1. The van der Waals surface area contributed by atoms with Crippen LogP contribution in [0.1, 0.15) is 0 Å². The van der Waals surface area contributed by atoms with Crippen LogP contribution < -0.4 is 11.2 Å². The van der Waals surface area contributed by atoms with Crippen molar-refractivity contribution in [1.29, 1.82) is 0 Å². The average Bonchev–Trinajstić information content (AvgIpc) is 2.44. The standard InChI is InChI=1S/C7H8N4O2.Ca.2H/c1-10-3-8-5-4(10)6(12)9-7(13)11(5)2;;;/h3H,1-2H3,(H,9,12,13);;;. The van der Waals surface area contributed by atoms with Gasteiger partial charge in [0.05, 0.1) is 6.33 Å². The van der Waals surface area contributed by atoms with E-state index < -0.39 is 11.2 Å². The van der Waals surface area contributed by atoms with Crippen molar-refractivity contribution in [3.8, 4) is 0 Å². The molecule has 0 bridgehead atoms. The van der Waals surface area contributed by atoms with Crippen LogP contribution in [0, 0.1) is 0 Å². The number of hydrogen-bond acceptors (Lipinski definition) is 3. The van der Waals surface area contributed by atoms with Crippen molar-refractivity contribution in [2.45, 2.75) is 0 Å². The molecule has 14 heavy (non-hydrogen) atoms. The van der Waals surface area contributed by atoms with E-state index in [1.165, 1.54) is 10.9 Å². The van der Waals surface area contributed by atoms with E-state index in [0.717, 1.165) is 0 Å². The van der Waals surface area contributed by atoms with Gasteiger partial charge in [-0.05, 0) is 0 Å². The maximum atomic E-state index is 11.3. The summed E-state index contributed by atoms with van der Waals surface area (Å²) in [6.45, 7) is 0. The number of fused-ring (bicyclic) bond motifs is 1. The Balaban J connectivity index is 0.000000980. The Kier molecular flexibility index (Phi) is 3.18. The van der Waals surface area contributed by atoms with Gasteiger partial charge in [-0.2, -0.15) is 0 Å². The van der Waals surface area contributed by atoms with Gasteiger partial charge in [-0.3, -0.25) is 14.3 Å². The first-order chi connectivity index (χ1) is 6.11. The van der Waals surface area contributed by atoms with Crippen molar-refractivity contribution >= 4 is 48.9 Å². The third-order valence-electron chi connectivity index (χ3n) is 1.98. The van der Waals surface area contributed by atoms with Gasteiger partial charge < -0.3 is 4.57 Å². The fraction of sp³-hybridized carbons (Fsp3) is 0.286. The van der Waals surface area contributed by atoms with Crippen molar-refractivity contribution in [2.24, 2.45) is 14.1 Å². The van der Waals surface area contributed by atoms with E-state index in [2.05, 4.69) is 9.97 Å². The van der Waals surface area contributed by atoms with Crippen LogP contribution in [0.2, 0.25) is 0 Å². The summed E-state index contributed by atoms with van der Waals surface area (Å²) in [5.41, 5.74) is -0.0485. The van der Waals surface area contributed by atoms with E-state index in [1.54, 1.807) is 18.7 Å². The van der Waals surface area contributed by atoms with Gasteiger partial charge >= 0.3 is 43.4 Å². The fourth-order valence-corrected chi connectivity index (χ4v) is 1.26. The molecule has 2 aromatic rings. The number of rotatable bonds is 0. The number of aromatic nitrogens is 4. The Morgan fingerprint density at radius 2 is 2.00 bits per heavy atom. The van der Waals surface area contributed by atoms with E-state index >= 15 is 0 Å². The van der Waals surface area contributed by atoms with Crippen molar-refractivity contribution < 1.29 is 0 Å². The van der Waals surface area contributed by atoms with Gasteiger partial charge in [-0.1, -0.05) is 0 Å². The summed E-state index contributed by atoms with van der Waals surface area (Å²) in [5, 5.41) is 0. The van der Waals surface area contributed by atoms with Crippen LogP contribution in [0.5, 0.6) is 0 Å². The molecular weight excluding hydrogens is 212 g/mol. The van der Waals surface area contributed by atoms with Gasteiger partial charge in [0.2, 0.25) is 0 Å². The van der Waals surface area contributed by atoms with E-state index in [0.29, 0.717) is 11.2 Å². The number of imidazole rings is 1. The first-order valence-corrected chi connectivity index (χ1v) is 3.71. The van der Waals surface area contributed by atoms with Crippen LogP contribution in [0.15, 0.2) is 15.9 Å². The zero-order chi connectivity index (χ0) is 9.59. The molecule has 0 aliphatic heterocycles.